The number of hydrogen-bond acceptors (Lipinski definition) is 3. The van der Waals surface area contributed by atoms with Crippen molar-refractivity contribution in [1.29, 1.82) is 0 Å². The van der Waals surface area contributed by atoms with Gasteiger partial charge in [0.25, 0.3) is 0 Å². The van der Waals surface area contributed by atoms with Crippen LogP contribution in [0.3, 0.4) is 0 Å². The molecule has 1 aromatic rings. The first-order chi connectivity index (χ1) is 9.31. The number of nitrogens with zero attached hydrogens (tertiary/aromatic N) is 1. The van der Waals surface area contributed by atoms with Crippen molar-refractivity contribution in [3.63, 3.8) is 0 Å². The maximum Gasteiger partial charge on any atom is 0.0992 e. The maximum atomic E-state index is 10.6. The van der Waals surface area contributed by atoms with Crippen molar-refractivity contribution in [3.05, 3.63) is 35.9 Å². The Morgan fingerprint density at radius 1 is 1.20 bits per heavy atom. The molecule has 0 aliphatic rings. The Morgan fingerprint density at radius 3 is 2.30 bits per heavy atom. The van der Waals surface area contributed by atoms with Crippen molar-refractivity contribution in [2.24, 2.45) is 5.92 Å². The fraction of sp³-hybridized carbons (Fsp3) is 0.647. The summed E-state index contributed by atoms with van der Waals surface area (Å²) in [6.07, 6.45) is 1.11. The third kappa shape index (κ3) is 6.04. The summed E-state index contributed by atoms with van der Waals surface area (Å²) in [6.45, 7) is 7.90. The summed E-state index contributed by atoms with van der Waals surface area (Å²) in [5, 5.41) is 14.2. The van der Waals surface area contributed by atoms with Crippen LogP contribution in [0.4, 0.5) is 0 Å². The predicted molar refractivity (Wildman–Crippen MR) is 85.8 cm³/mol. The van der Waals surface area contributed by atoms with E-state index in [1.54, 1.807) is 0 Å². The van der Waals surface area contributed by atoms with Gasteiger partial charge in [0.05, 0.1) is 5.60 Å². The first-order valence-electron chi connectivity index (χ1n) is 7.47. The van der Waals surface area contributed by atoms with E-state index < -0.39 is 5.60 Å². The van der Waals surface area contributed by atoms with Gasteiger partial charge in [-0.05, 0) is 38.9 Å². The van der Waals surface area contributed by atoms with Gasteiger partial charge >= 0.3 is 0 Å². The molecule has 0 spiro atoms. The van der Waals surface area contributed by atoms with Crippen LogP contribution >= 0.6 is 0 Å². The Labute approximate surface area is 124 Å². The number of aliphatic hydroxyl groups is 1. The Bertz CT molecular complexity index is 364. The van der Waals surface area contributed by atoms with Gasteiger partial charge in [-0.25, -0.2) is 0 Å². The lowest BCUT2D eigenvalue weighted by atomic mass is 9.95. The molecule has 3 nitrogen and oxygen atoms in total. The van der Waals surface area contributed by atoms with Crippen LogP contribution in [-0.4, -0.2) is 43.2 Å². The summed E-state index contributed by atoms with van der Waals surface area (Å²) in [6, 6.07) is 10.3. The zero-order valence-electron chi connectivity index (χ0n) is 13.6. The third-order valence-corrected chi connectivity index (χ3v) is 3.47. The largest absolute Gasteiger partial charge is 0.384 e. The summed E-state index contributed by atoms with van der Waals surface area (Å²) < 4.78 is 0. The van der Waals surface area contributed by atoms with Crippen molar-refractivity contribution < 1.29 is 5.11 Å². The minimum atomic E-state index is -0.831. The van der Waals surface area contributed by atoms with Gasteiger partial charge in [0.2, 0.25) is 0 Å². The lowest BCUT2D eigenvalue weighted by Gasteiger charge is -2.30. The first-order valence-corrected chi connectivity index (χ1v) is 7.47. The van der Waals surface area contributed by atoms with Gasteiger partial charge in [0.1, 0.15) is 0 Å². The van der Waals surface area contributed by atoms with Crippen LogP contribution in [-0.2, 0) is 5.60 Å². The van der Waals surface area contributed by atoms with Crippen LogP contribution in [0.5, 0.6) is 0 Å². The van der Waals surface area contributed by atoms with Crippen LogP contribution in [0.1, 0.15) is 32.8 Å². The Kier molecular flexibility index (Phi) is 6.66. The molecule has 0 amide bonds. The van der Waals surface area contributed by atoms with Gasteiger partial charge in [-0.1, -0.05) is 44.2 Å². The fourth-order valence-electron chi connectivity index (χ4n) is 2.47. The third-order valence-electron chi connectivity index (χ3n) is 3.47. The van der Waals surface area contributed by atoms with Gasteiger partial charge in [-0.3, -0.25) is 0 Å². The normalized spacial score (nSPS) is 16.4. The molecule has 0 aliphatic carbocycles. The molecular formula is C17H30N2O. The van der Waals surface area contributed by atoms with Gasteiger partial charge in [0, 0.05) is 19.1 Å². The zero-order valence-corrected chi connectivity index (χ0v) is 13.6. The molecule has 1 rings (SSSR count). The van der Waals surface area contributed by atoms with Gasteiger partial charge in [0.15, 0.2) is 0 Å². The minimum absolute atomic E-state index is 0.403. The van der Waals surface area contributed by atoms with Crippen molar-refractivity contribution in [3.8, 4) is 0 Å². The van der Waals surface area contributed by atoms with E-state index in [2.05, 4.69) is 38.2 Å². The summed E-state index contributed by atoms with van der Waals surface area (Å²) in [4.78, 5) is 2.19. The molecule has 0 aromatic heterocycles. The number of rotatable bonds is 8. The van der Waals surface area contributed by atoms with Crippen molar-refractivity contribution in [2.45, 2.75) is 38.8 Å². The quantitative estimate of drug-likeness (QED) is 0.767. The second-order valence-electron chi connectivity index (χ2n) is 6.61. The summed E-state index contributed by atoms with van der Waals surface area (Å²) >= 11 is 0. The van der Waals surface area contributed by atoms with Crippen LogP contribution < -0.4 is 5.32 Å². The molecule has 0 saturated heterocycles. The fourth-order valence-corrected chi connectivity index (χ4v) is 2.47. The first kappa shape index (κ1) is 17.2. The topological polar surface area (TPSA) is 35.5 Å². The molecule has 0 bridgehead atoms. The molecule has 0 fully saturated rings. The molecule has 114 valence electrons. The maximum absolute atomic E-state index is 10.6. The molecule has 0 aliphatic heterocycles. The highest BCUT2D eigenvalue weighted by Gasteiger charge is 2.24. The Hall–Kier alpha value is -0.900. The van der Waals surface area contributed by atoms with Crippen LogP contribution in [0.15, 0.2) is 30.3 Å². The standard InChI is InChI=1S/C17H30N2O/c1-14(2)11-16(12-19(4)5)18-13-17(3,20)15-9-7-6-8-10-15/h6-10,14,16,18,20H,11-13H2,1-5H3. The molecule has 1 aromatic carbocycles. The summed E-state index contributed by atoms with van der Waals surface area (Å²) in [5.74, 6) is 0.647. The van der Waals surface area contributed by atoms with Gasteiger partial charge in [-0.2, -0.15) is 0 Å². The van der Waals surface area contributed by atoms with Crippen LogP contribution in [0.25, 0.3) is 0 Å². The van der Waals surface area contributed by atoms with Crippen LogP contribution in [0.2, 0.25) is 0 Å². The van der Waals surface area contributed by atoms with Crippen molar-refractivity contribution >= 4 is 0 Å². The molecular weight excluding hydrogens is 248 g/mol. The van der Waals surface area contributed by atoms with Crippen molar-refractivity contribution in [1.82, 2.24) is 10.2 Å². The number of benzene rings is 1. The Morgan fingerprint density at radius 2 is 1.80 bits per heavy atom. The molecule has 0 heterocycles. The van der Waals surface area contributed by atoms with E-state index in [0.29, 0.717) is 18.5 Å². The van der Waals surface area contributed by atoms with Gasteiger partial charge in [-0.15, -0.1) is 0 Å². The highest BCUT2D eigenvalue weighted by Crippen LogP contribution is 2.19. The lowest BCUT2D eigenvalue weighted by Crippen LogP contribution is -2.45. The second-order valence-corrected chi connectivity index (χ2v) is 6.61. The highest BCUT2D eigenvalue weighted by molar-refractivity contribution is 5.21. The average Bonchev–Trinajstić information content (AvgIpc) is 2.36. The highest BCUT2D eigenvalue weighted by atomic mass is 16.3. The van der Waals surface area contributed by atoms with E-state index in [4.69, 9.17) is 0 Å². The lowest BCUT2D eigenvalue weighted by molar-refractivity contribution is 0.0517. The monoisotopic (exact) mass is 278 g/mol. The Balaban J connectivity index is 2.61. The molecule has 2 atom stereocenters. The second kappa shape index (κ2) is 7.77. The molecule has 2 unspecified atom stereocenters. The number of hydrogen-bond donors (Lipinski definition) is 2. The molecule has 20 heavy (non-hydrogen) atoms. The predicted octanol–water partition coefficient (Wildman–Crippen LogP) is 2.46. The summed E-state index contributed by atoms with van der Waals surface area (Å²) in [7, 11) is 4.18. The molecule has 0 radical (unpaired) electrons. The number of nitrogens with one attached hydrogen (secondary N) is 1. The molecule has 3 heteroatoms. The van der Waals surface area contributed by atoms with E-state index in [9.17, 15) is 5.11 Å². The molecule has 2 N–H and O–H groups in total. The summed E-state index contributed by atoms with van der Waals surface area (Å²) in [5.41, 5.74) is 0.128. The SMILES string of the molecule is CC(C)CC(CN(C)C)NCC(C)(O)c1ccccc1. The van der Waals surface area contributed by atoms with Gasteiger partial charge < -0.3 is 15.3 Å². The van der Waals surface area contributed by atoms with Crippen molar-refractivity contribution in [2.75, 3.05) is 27.2 Å². The van der Waals surface area contributed by atoms with Crippen LogP contribution in [0, 0.1) is 5.92 Å². The van der Waals surface area contributed by atoms with E-state index in [0.717, 1.165) is 18.5 Å². The van der Waals surface area contributed by atoms with E-state index in [-0.39, 0.29) is 0 Å². The zero-order chi connectivity index (χ0) is 15.2. The smallest absolute Gasteiger partial charge is 0.0992 e. The minimum Gasteiger partial charge on any atom is -0.384 e. The van der Waals surface area contributed by atoms with E-state index >= 15 is 0 Å². The molecule has 0 saturated carbocycles. The van der Waals surface area contributed by atoms with E-state index in [1.807, 2.05) is 37.3 Å². The van der Waals surface area contributed by atoms with E-state index in [1.165, 1.54) is 0 Å². The number of likely N-dealkylation sites (N-methyl/N-ethyl adjacent to an activating group) is 1. The average molecular weight is 278 g/mol.